The second-order valence-corrected chi connectivity index (χ2v) is 8.40. The van der Waals surface area contributed by atoms with Gasteiger partial charge in [0.2, 0.25) is 5.91 Å². The molecular weight excluding hydrogens is 378 g/mol. The Labute approximate surface area is 178 Å². The van der Waals surface area contributed by atoms with Crippen molar-refractivity contribution < 1.29 is 9.59 Å². The Morgan fingerprint density at radius 2 is 2.00 bits per heavy atom. The summed E-state index contributed by atoms with van der Waals surface area (Å²) in [5.74, 6) is -0.613. The SMILES string of the molecule is CN(C)CCC(C#N)NC(=O)C1CCCCC1NC(=O)c1cc2ccccc2n1C. The predicted molar refractivity (Wildman–Crippen MR) is 117 cm³/mol. The van der Waals surface area contributed by atoms with Gasteiger partial charge in [0.15, 0.2) is 0 Å². The van der Waals surface area contributed by atoms with E-state index in [9.17, 15) is 14.9 Å². The summed E-state index contributed by atoms with van der Waals surface area (Å²) in [6.07, 6.45) is 3.99. The second kappa shape index (κ2) is 9.77. The number of hydrogen-bond donors (Lipinski definition) is 2. The minimum Gasteiger partial charge on any atom is -0.347 e. The van der Waals surface area contributed by atoms with Crippen LogP contribution in [0.5, 0.6) is 0 Å². The van der Waals surface area contributed by atoms with E-state index in [1.54, 1.807) is 0 Å². The Hall–Kier alpha value is -2.85. The zero-order chi connectivity index (χ0) is 21.7. The number of rotatable bonds is 7. The number of aryl methyl sites for hydroxylation is 1. The minimum atomic E-state index is -0.517. The lowest BCUT2D eigenvalue weighted by Gasteiger charge is -2.32. The number of nitrogens with zero attached hydrogens (tertiary/aromatic N) is 3. The first-order chi connectivity index (χ1) is 14.4. The van der Waals surface area contributed by atoms with Gasteiger partial charge in [-0.25, -0.2) is 0 Å². The molecule has 2 N–H and O–H groups in total. The van der Waals surface area contributed by atoms with E-state index in [2.05, 4.69) is 16.7 Å². The summed E-state index contributed by atoms with van der Waals surface area (Å²) in [6, 6.07) is 11.2. The molecule has 1 aliphatic carbocycles. The topological polar surface area (TPSA) is 90.2 Å². The van der Waals surface area contributed by atoms with Crippen molar-refractivity contribution in [3.63, 3.8) is 0 Å². The van der Waals surface area contributed by atoms with Crippen LogP contribution in [0.4, 0.5) is 0 Å². The molecule has 1 aromatic carbocycles. The van der Waals surface area contributed by atoms with Crippen molar-refractivity contribution in [2.75, 3.05) is 20.6 Å². The van der Waals surface area contributed by atoms with E-state index in [4.69, 9.17) is 0 Å². The van der Waals surface area contributed by atoms with E-state index in [0.29, 0.717) is 12.1 Å². The normalized spacial score (nSPS) is 20.0. The molecular formula is C23H31N5O2. The number of hydrogen-bond acceptors (Lipinski definition) is 4. The lowest BCUT2D eigenvalue weighted by atomic mass is 9.83. The maximum absolute atomic E-state index is 13.0. The van der Waals surface area contributed by atoms with Crippen molar-refractivity contribution in [3.8, 4) is 6.07 Å². The van der Waals surface area contributed by atoms with Crippen molar-refractivity contribution in [2.45, 2.75) is 44.2 Å². The van der Waals surface area contributed by atoms with Gasteiger partial charge >= 0.3 is 0 Å². The first-order valence-electron chi connectivity index (χ1n) is 10.6. The van der Waals surface area contributed by atoms with Crippen molar-refractivity contribution in [2.24, 2.45) is 13.0 Å². The summed E-state index contributed by atoms with van der Waals surface area (Å²) in [5, 5.41) is 16.4. The van der Waals surface area contributed by atoms with Gasteiger partial charge in [0.1, 0.15) is 11.7 Å². The number of benzene rings is 1. The lowest BCUT2D eigenvalue weighted by Crippen LogP contribution is -2.50. The molecule has 160 valence electrons. The van der Waals surface area contributed by atoms with Crippen LogP contribution in [0.25, 0.3) is 10.9 Å². The molecule has 0 radical (unpaired) electrons. The molecule has 1 heterocycles. The Balaban J connectivity index is 1.69. The molecule has 0 saturated heterocycles. The summed E-state index contributed by atoms with van der Waals surface area (Å²) < 4.78 is 1.88. The highest BCUT2D eigenvalue weighted by molar-refractivity contribution is 5.99. The zero-order valence-corrected chi connectivity index (χ0v) is 18.0. The second-order valence-electron chi connectivity index (χ2n) is 8.40. The van der Waals surface area contributed by atoms with E-state index in [-0.39, 0.29) is 23.8 Å². The predicted octanol–water partition coefficient (Wildman–Crippen LogP) is 2.43. The monoisotopic (exact) mass is 409 g/mol. The molecule has 0 spiro atoms. The summed E-state index contributed by atoms with van der Waals surface area (Å²) >= 11 is 0. The fourth-order valence-electron chi connectivity index (χ4n) is 4.20. The van der Waals surface area contributed by atoms with Gasteiger partial charge in [-0.2, -0.15) is 5.26 Å². The summed E-state index contributed by atoms with van der Waals surface area (Å²) in [5.41, 5.74) is 1.58. The fraction of sp³-hybridized carbons (Fsp3) is 0.522. The first-order valence-corrected chi connectivity index (χ1v) is 10.6. The molecule has 2 aromatic rings. The smallest absolute Gasteiger partial charge is 0.268 e. The molecule has 30 heavy (non-hydrogen) atoms. The van der Waals surface area contributed by atoms with Crippen LogP contribution < -0.4 is 10.6 Å². The van der Waals surface area contributed by atoms with Crippen LogP contribution in [0.3, 0.4) is 0 Å². The molecule has 7 nitrogen and oxygen atoms in total. The molecule has 1 aliphatic rings. The molecule has 3 atom stereocenters. The van der Waals surface area contributed by atoms with Gasteiger partial charge in [-0.15, -0.1) is 0 Å². The van der Waals surface area contributed by atoms with Crippen LogP contribution >= 0.6 is 0 Å². The molecule has 7 heteroatoms. The molecule has 3 rings (SSSR count). The Morgan fingerprint density at radius 1 is 1.27 bits per heavy atom. The van der Waals surface area contributed by atoms with Gasteiger partial charge in [-0.1, -0.05) is 31.0 Å². The number of para-hydroxylation sites is 1. The van der Waals surface area contributed by atoms with E-state index < -0.39 is 6.04 Å². The molecule has 1 fully saturated rings. The summed E-state index contributed by atoms with van der Waals surface area (Å²) in [7, 11) is 5.76. The number of carbonyl (C=O) groups excluding carboxylic acids is 2. The molecule has 1 saturated carbocycles. The third-order valence-electron chi connectivity index (χ3n) is 5.94. The highest BCUT2D eigenvalue weighted by Crippen LogP contribution is 2.26. The maximum atomic E-state index is 13.0. The molecule has 0 bridgehead atoms. The van der Waals surface area contributed by atoms with Crippen molar-refractivity contribution in [3.05, 3.63) is 36.0 Å². The first kappa shape index (κ1) is 21.8. The highest BCUT2D eigenvalue weighted by Gasteiger charge is 2.33. The van der Waals surface area contributed by atoms with Gasteiger partial charge in [0.25, 0.3) is 5.91 Å². The van der Waals surface area contributed by atoms with E-state index in [1.807, 2.05) is 60.9 Å². The van der Waals surface area contributed by atoms with Crippen molar-refractivity contribution in [1.29, 1.82) is 5.26 Å². The summed E-state index contributed by atoms with van der Waals surface area (Å²) in [6.45, 7) is 0.727. The van der Waals surface area contributed by atoms with Gasteiger partial charge in [0, 0.05) is 30.5 Å². The molecule has 3 unspecified atom stereocenters. The van der Waals surface area contributed by atoms with Crippen LogP contribution in [0.1, 0.15) is 42.6 Å². The Morgan fingerprint density at radius 3 is 2.70 bits per heavy atom. The highest BCUT2D eigenvalue weighted by atomic mass is 16.2. The third kappa shape index (κ3) is 5.00. The quantitative estimate of drug-likeness (QED) is 0.735. The average molecular weight is 410 g/mol. The van der Waals surface area contributed by atoms with Gasteiger partial charge in [-0.3, -0.25) is 9.59 Å². The number of nitrogens with one attached hydrogen (secondary N) is 2. The molecule has 2 amide bonds. The maximum Gasteiger partial charge on any atom is 0.268 e. The number of amides is 2. The zero-order valence-electron chi connectivity index (χ0n) is 18.0. The average Bonchev–Trinajstić information content (AvgIpc) is 3.08. The standard InChI is InChI=1S/C23H31N5O2/c1-27(2)13-12-17(15-24)25-22(29)18-9-5-6-10-19(18)26-23(30)21-14-16-8-4-7-11-20(16)28(21)3/h4,7-8,11,14,17-19H,5-6,9-10,12-13H2,1-3H3,(H,25,29)(H,26,30). The van der Waals surface area contributed by atoms with E-state index >= 15 is 0 Å². The van der Waals surface area contributed by atoms with Crippen molar-refractivity contribution in [1.82, 2.24) is 20.1 Å². The lowest BCUT2D eigenvalue weighted by molar-refractivity contribution is -0.127. The van der Waals surface area contributed by atoms with Crippen molar-refractivity contribution >= 4 is 22.7 Å². The van der Waals surface area contributed by atoms with Crippen LogP contribution in [-0.4, -0.2) is 54.0 Å². The minimum absolute atomic E-state index is 0.137. The Kier molecular flexibility index (Phi) is 7.11. The number of nitriles is 1. The Bertz CT molecular complexity index is 943. The summed E-state index contributed by atoms with van der Waals surface area (Å²) in [4.78, 5) is 27.9. The fourth-order valence-corrected chi connectivity index (χ4v) is 4.20. The number of fused-ring (bicyclic) bond motifs is 1. The van der Waals surface area contributed by atoms with Crippen LogP contribution in [0.2, 0.25) is 0 Å². The van der Waals surface area contributed by atoms with Crippen LogP contribution in [0, 0.1) is 17.2 Å². The van der Waals surface area contributed by atoms with E-state index in [0.717, 1.165) is 43.1 Å². The van der Waals surface area contributed by atoms with Gasteiger partial charge < -0.3 is 20.1 Å². The number of carbonyl (C=O) groups is 2. The number of aromatic nitrogens is 1. The third-order valence-corrected chi connectivity index (χ3v) is 5.94. The molecule has 1 aromatic heterocycles. The largest absolute Gasteiger partial charge is 0.347 e. The molecule has 0 aliphatic heterocycles. The van der Waals surface area contributed by atoms with Gasteiger partial charge in [0.05, 0.1) is 12.0 Å². The van der Waals surface area contributed by atoms with Crippen LogP contribution in [-0.2, 0) is 11.8 Å². The van der Waals surface area contributed by atoms with Gasteiger partial charge in [-0.05, 0) is 45.5 Å². The van der Waals surface area contributed by atoms with Crippen LogP contribution in [0.15, 0.2) is 30.3 Å². The van der Waals surface area contributed by atoms with E-state index in [1.165, 1.54) is 0 Å².